The molecule has 0 N–H and O–H groups in total. The van der Waals surface area contributed by atoms with Crippen LogP contribution in [0.1, 0.15) is 36.7 Å². The zero-order chi connectivity index (χ0) is 14.4. The Morgan fingerprint density at radius 1 is 1.47 bits per heavy atom. The lowest BCUT2D eigenvalue weighted by molar-refractivity contribution is -0.130. The number of hydrogen-bond donors (Lipinski definition) is 0. The predicted molar refractivity (Wildman–Crippen MR) is 73.6 cm³/mol. The molecule has 19 heavy (non-hydrogen) atoms. The molecular weight excluding hydrogens is 240 g/mol. The number of aromatic nitrogens is 2. The van der Waals surface area contributed by atoms with Crippen LogP contribution in [-0.2, 0) is 17.8 Å². The molecule has 0 saturated heterocycles. The van der Waals surface area contributed by atoms with E-state index in [0.29, 0.717) is 25.9 Å². The van der Waals surface area contributed by atoms with Crippen LogP contribution in [0, 0.1) is 25.2 Å². The van der Waals surface area contributed by atoms with E-state index in [-0.39, 0.29) is 5.91 Å². The second-order valence-corrected chi connectivity index (χ2v) is 4.70. The van der Waals surface area contributed by atoms with Crippen molar-refractivity contribution in [3.05, 3.63) is 17.0 Å². The van der Waals surface area contributed by atoms with Gasteiger partial charge in [0.2, 0.25) is 5.91 Å². The summed E-state index contributed by atoms with van der Waals surface area (Å²) >= 11 is 0. The molecule has 0 radical (unpaired) electrons. The molecule has 5 nitrogen and oxygen atoms in total. The third kappa shape index (κ3) is 3.82. The largest absolute Gasteiger partial charge is 0.345 e. The summed E-state index contributed by atoms with van der Waals surface area (Å²) in [6.45, 7) is 7.25. The van der Waals surface area contributed by atoms with Crippen LogP contribution in [0.2, 0.25) is 0 Å². The summed E-state index contributed by atoms with van der Waals surface area (Å²) in [4.78, 5) is 13.5. The zero-order valence-electron chi connectivity index (χ0n) is 12.2. The Balaban J connectivity index is 2.58. The van der Waals surface area contributed by atoms with E-state index in [2.05, 4.69) is 12.0 Å². The predicted octanol–water partition coefficient (Wildman–Crippen LogP) is 1.82. The van der Waals surface area contributed by atoms with Crippen molar-refractivity contribution in [2.24, 2.45) is 0 Å². The molecule has 0 saturated carbocycles. The Bertz CT molecular complexity index is 484. The van der Waals surface area contributed by atoms with Crippen molar-refractivity contribution < 1.29 is 4.79 Å². The van der Waals surface area contributed by atoms with Crippen molar-refractivity contribution in [1.82, 2.24) is 14.7 Å². The number of aryl methyl sites for hydroxylation is 2. The van der Waals surface area contributed by atoms with Crippen molar-refractivity contribution in [2.75, 3.05) is 13.6 Å². The van der Waals surface area contributed by atoms with Crippen molar-refractivity contribution in [3.63, 3.8) is 0 Å². The van der Waals surface area contributed by atoms with Crippen LogP contribution in [0.3, 0.4) is 0 Å². The van der Waals surface area contributed by atoms with Gasteiger partial charge in [0.25, 0.3) is 0 Å². The molecule has 1 aromatic rings. The normalized spacial score (nSPS) is 10.3. The third-order valence-corrected chi connectivity index (χ3v) is 3.41. The monoisotopic (exact) mass is 262 g/mol. The number of nitriles is 1. The average molecular weight is 262 g/mol. The number of carbonyl (C=O) groups is 1. The zero-order valence-corrected chi connectivity index (χ0v) is 12.2. The molecule has 1 rings (SSSR count). The van der Waals surface area contributed by atoms with Gasteiger partial charge in [-0.15, -0.1) is 0 Å². The fourth-order valence-electron chi connectivity index (χ4n) is 2.20. The lowest BCUT2D eigenvalue weighted by Gasteiger charge is -2.15. The molecular formula is C14H22N4O. The van der Waals surface area contributed by atoms with Gasteiger partial charge in [0.15, 0.2) is 0 Å². The third-order valence-electron chi connectivity index (χ3n) is 3.41. The van der Waals surface area contributed by atoms with E-state index >= 15 is 0 Å². The van der Waals surface area contributed by atoms with E-state index in [1.807, 2.05) is 24.6 Å². The van der Waals surface area contributed by atoms with Crippen LogP contribution in [0.5, 0.6) is 0 Å². The highest BCUT2D eigenvalue weighted by Gasteiger charge is 2.12. The summed E-state index contributed by atoms with van der Waals surface area (Å²) in [7, 11) is 1.73. The smallest absolute Gasteiger partial charge is 0.224 e. The van der Waals surface area contributed by atoms with Crippen LogP contribution in [0.25, 0.3) is 0 Å². The van der Waals surface area contributed by atoms with E-state index in [4.69, 9.17) is 5.26 Å². The van der Waals surface area contributed by atoms with Crippen LogP contribution < -0.4 is 0 Å². The SMILES string of the molecule is CCc1c(C)nn(CCC(=O)N(C)CCC#N)c1C. The summed E-state index contributed by atoms with van der Waals surface area (Å²) in [6, 6.07) is 2.04. The second-order valence-electron chi connectivity index (χ2n) is 4.70. The van der Waals surface area contributed by atoms with Gasteiger partial charge >= 0.3 is 0 Å². The van der Waals surface area contributed by atoms with Crippen molar-refractivity contribution >= 4 is 5.91 Å². The maximum atomic E-state index is 11.9. The molecule has 0 aliphatic rings. The molecule has 0 atom stereocenters. The molecule has 5 heteroatoms. The van der Waals surface area contributed by atoms with E-state index in [9.17, 15) is 4.79 Å². The van der Waals surface area contributed by atoms with E-state index in [1.165, 1.54) is 5.56 Å². The maximum Gasteiger partial charge on any atom is 0.224 e. The highest BCUT2D eigenvalue weighted by molar-refractivity contribution is 5.75. The van der Waals surface area contributed by atoms with Crippen LogP contribution in [0.15, 0.2) is 0 Å². The summed E-state index contributed by atoms with van der Waals surface area (Å²) in [5.41, 5.74) is 3.46. The number of hydrogen-bond acceptors (Lipinski definition) is 3. The fraction of sp³-hybridized carbons (Fsp3) is 0.643. The number of nitrogens with zero attached hydrogens (tertiary/aromatic N) is 4. The Labute approximate surface area is 114 Å². The molecule has 0 aliphatic carbocycles. The molecule has 0 unspecified atom stereocenters. The molecule has 1 aromatic heterocycles. The highest BCUT2D eigenvalue weighted by Crippen LogP contribution is 2.13. The van der Waals surface area contributed by atoms with Gasteiger partial charge in [0, 0.05) is 32.3 Å². The molecule has 0 bridgehead atoms. The lowest BCUT2D eigenvalue weighted by atomic mass is 10.1. The molecule has 1 amide bonds. The summed E-state index contributed by atoms with van der Waals surface area (Å²) in [6.07, 6.45) is 1.77. The topological polar surface area (TPSA) is 61.9 Å². The Hall–Kier alpha value is -1.83. The van der Waals surface area contributed by atoms with Gasteiger partial charge in [0.1, 0.15) is 0 Å². The average Bonchev–Trinajstić information content (AvgIpc) is 2.67. The summed E-state index contributed by atoms with van der Waals surface area (Å²) < 4.78 is 1.91. The molecule has 0 spiro atoms. The van der Waals surface area contributed by atoms with Gasteiger partial charge < -0.3 is 4.90 Å². The lowest BCUT2D eigenvalue weighted by Crippen LogP contribution is -2.28. The van der Waals surface area contributed by atoms with Gasteiger partial charge in [-0.1, -0.05) is 6.92 Å². The Morgan fingerprint density at radius 2 is 2.16 bits per heavy atom. The van der Waals surface area contributed by atoms with Crippen molar-refractivity contribution in [1.29, 1.82) is 5.26 Å². The van der Waals surface area contributed by atoms with Crippen molar-refractivity contribution in [3.8, 4) is 6.07 Å². The fourth-order valence-corrected chi connectivity index (χ4v) is 2.20. The first-order valence-electron chi connectivity index (χ1n) is 6.65. The van der Waals surface area contributed by atoms with Gasteiger partial charge in [-0.05, 0) is 25.8 Å². The quantitative estimate of drug-likeness (QED) is 0.785. The minimum absolute atomic E-state index is 0.0563. The first kappa shape index (κ1) is 15.2. The summed E-state index contributed by atoms with van der Waals surface area (Å²) in [5.74, 6) is 0.0563. The van der Waals surface area contributed by atoms with E-state index in [1.54, 1.807) is 11.9 Å². The molecule has 0 aliphatic heterocycles. The molecule has 104 valence electrons. The standard InChI is InChI=1S/C14H22N4O/c1-5-13-11(2)16-18(12(13)3)10-7-14(19)17(4)9-6-8-15/h5-7,9-10H2,1-4H3. The molecule has 0 fully saturated rings. The van der Waals surface area contributed by atoms with Crippen LogP contribution >= 0.6 is 0 Å². The minimum Gasteiger partial charge on any atom is -0.345 e. The molecule has 1 heterocycles. The van der Waals surface area contributed by atoms with Gasteiger partial charge in [-0.3, -0.25) is 9.48 Å². The number of amides is 1. The first-order valence-corrected chi connectivity index (χ1v) is 6.65. The van der Waals surface area contributed by atoms with Gasteiger partial charge in [-0.2, -0.15) is 10.4 Å². The second kappa shape index (κ2) is 6.93. The first-order chi connectivity index (χ1) is 9.01. The Kier molecular flexibility index (Phi) is 5.56. The summed E-state index contributed by atoms with van der Waals surface area (Å²) in [5, 5.41) is 13.0. The highest BCUT2D eigenvalue weighted by atomic mass is 16.2. The minimum atomic E-state index is 0.0563. The van der Waals surface area contributed by atoms with Crippen LogP contribution in [0.4, 0.5) is 0 Å². The van der Waals surface area contributed by atoms with E-state index < -0.39 is 0 Å². The van der Waals surface area contributed by atoms with Crippen LogP contribution in [-0.4, -0.2) is 34.2 Å². The van der Waals surface area contributed by atoms with Gasteiger partial charge in [0.05, 0.1) is 18.2 Å². The Morgan fingerprint density at radius 3 is 2.68 bits per heavy atom. The van der Waals surface area contributed by atoms with E-state index in [0.717, 1.165) is 17.8 Å². The number of carbonyl (C=O) groups excluding carboxylic acids is 1. The number of rotatable bonds is 6. The maximum absolute atomic E-state index is 11.9. The van der Waals surface area contributed by atoms with Gasteiger partial charge in [-0.25, -0.2) is 0 Å². The molecule has 0 aromatic carbocycles. The van der Waals surface area contributed by atoms with Crippen molar-refractivity contribution in [2.45, 2.75) is 46.6 Å².